The molecule has 0 saturated carbocycles. The maximum Gasteiger partial charge on any atom is 1.00 e. The maximum atomic E-state index is 12.0. The molecule has 51 heavy (non-hydrogen) atoms. The molecule has 0 aliphatic carbocycles. The monoisotopic (exact) mass is 765 g/mol. The molecule has 7 heterocycles. The van der Waals surface area contributed by atoms with Crippen LogP contribution in [0, 0.1) is 6.92 Å². The fraction of sp³-hybridized carbons (Fsp3) is 0.556. The number of fused-ring (bicyclic) bond motifs is 4. The number of ether oxygens (including phenoxy) is 1. The van der Waals surface area contributed by atoms with Gasteiger partial charge in [-0.1, -0.05) is 35.9 Å². The second kappa shape index (κ2) is 18.0. The third kappa shape index (κ3) is 11.1. The van der Waals surface area contributed by atoms with Crippen molar-refractivity contribution in [1.82, 2.24) is 40.3 Å². The van der Waals surface area contributed by atoms with E-state index in [1.165, 1.54) is 28.2 Å². The second-order valence-electron chi connectivity index (χ2n) is 11.5. The van der Waals surface area contributed by atoms with Crippen molar-refractivity contribution in [2.24, 2.45) is 0 Å². The van der Waals surface area contributed by atoms with Gasteiger partial charge in [0.1, 0.15) is 12.1 Å². The first-order valence-corrected chi connectivity index (χ1v) is 18.1. The zero-order valence-electron chi connectivity index (χ0n) is 27.6. The fourth-order valence-electron chi connectivity index (χ4n) is 5.87. The van der Waals surface area contributed by atoms with Crippen LogP contribution < -0.4 is 29.6 Å². The summed E-state index contributed by atoms with van der Waals surface area (Å²) in [4.78, 5) is 26.7. The predicted octanol–water partition coefficient (Wildman–Crippen LogP) is -1.40. The van der Waals surface area contributed by atoms with Crippen molar-refractivity contribution < 1.29 is 87.2 Å². The number of rotatable bonds is 6. The van der Waals surface area contributed by atoms with E-state index in [2.05, 4.69) is 48.0 Å². The van der Waals surface area contributed by atoms with Gasteiger partial charge >= 0.3 is 41.6 Å². The molecular weight excluding hydrogens is 731 g/mol. The van der Waals surface area contributed by atoms with Crippen LogP contribution in [-0.2, 0) is 34.1 Å². The molecule has 21 nitrogen and oxygen atoms in total. The largest absolute Gasteiger partial charge is 1.00 e. The minimum absolute atomic E-state index is 0. The van der Waals surface area contributed by atoms with E-state index in [0.29, 0.717) is 35.8 Å². The number of hydrogen-bond donors (Lipinski definition) is 0. The van der Waals surface area contributed by atoms with Crippen LogP contribution in [0.15, 0.2) is 52.0 Å². The Hall–Kier alpha value is -3.26. The molecule has 5 saturated heterocycles. The van der Waals surface area contributed by atoms with Crippen molar-refractivity contribution in [2.75, 3.05) is 26.3 Å². The zero-order valence-corrected chi connectivity index (χ0v) is 31.3. The van der Waals surface area contributed by atoms with Gasteiger partial charge in [-0.2, -0.15) is 18.7 Å². The first-order chi connectivity index (χ1) is 23.8. The number of hydrogen-bond acceptors (Lipinski definition) is 17. The van der Waals surface area contributed by atoms with E-state index < -0.39 is 57.0 Å². The Labute approximate surface area is 315 Å². The van der Waals surface area contributed by atoms with Crippen LogP contribution in [0.2, 0.25) is 0 Å². The average molecular weight is 766 g/mol. The molecule has 8 rings (SSSR count). The van der Waals surface area contributed by atoms with E-state index in [-0.39, 0.29) is 54.4 Å². The molecule has 0 spiro atoms. The molecule has 0 N–H and O–H groups in total. The van der Waals surface area contributed by atoms with E-state index >= 15 is 0 Å². The van der Waals surface area contributed by atoms with Crippen molar-refractivity contribution in [2.45, 2.75) is 69.6 Å². The van der Waals surface area contributed by atoms with Gasteiger partial charge in [0.2, 0.25) is 45.4 Å². The number of urea groups is 2. The van der Waals surface area contributed by atoms with E-state index in [0.717, 1.165) is 26.0 Å². The summed E-state index contributed by atoms with van der Waals surface area (Å²) < 4.78 is 87.0. The van der Waals surface area contributed by atoms with Crippen molar-refractivity contribution in [3.05, 3.63) is 60.5 Å². The Balaban J connectivity index is 0.000000171. The summed E-state index contributed by atoms with van der Waals surface area (Å²) >= 11 is 0. The minimum atomic E-state index is -4.97. The minimum Gasteiger partial charge on any atom is -0.724 e. The van der Waals surface area contributed by atoms with E-state index in [9.17, 15) is 35.5 Å². The molecule has 5 aliphatic rings. The first kappa shape index (κ1) is 40.5. The van der Waals surface area contributed by atoms with Crippen LogP contribution in [-0.4, -0.2) is 117 Å². The van der Waals surface area contributed by atoms with Crippen LogP contribution >= 0.6 is 0 Å². The van der Waals surface area contributed by atoms with Gasteiger partial charge in [0.05, 0.1) is 12.1 Å². The number of nitrogens with zero attached hydrogens (tertiary/aromatic N) is 8. The molecule has 2 aromatic heterocycles. The molecule has 274 valence electrons. The molecule has 4 amide bonds. The third-order valence-electron chi connectivity index (χ3n) is 8.08. The first-order valence-electron chi connectivity index (χ1n) is 15.4. The summed E-state index contributed by atoms with van der Waals surface area (Å²) in [5.41, 5.74) is 1.32. The molecule has 0 unspecified atom stereocenters. The zero-order chi connectivity index (χ0) is 35.9. The Kier molecular flexibility index (Phi) is 14.3. The number of aromatic nitrogens is 4. The molecule has 3 aromatic rings. The number of piperidine rings is 2. The van der Waals surface area contributed by atoms with Gasteiger partial charge in [-0.25, -0.2) is 26.4 Å². The number of carbonyl (C=O) groups is 2. The Bertz CT molecular complexity index is 1650. The molecule has 24 heteroatoms. The molecule has 4 bridgehead atoms. The van der Waals surface area contributed by atoms with Gasteiger partial charge in [-0.15, -0.1) is 20.4 Å². The summed E-state index contributed by atoms with van der Waals surface area (Å²) in [5.74, 6) is 0.553. The number of benzene rings is 1. The van der Waals surface area contributed by atoms with Crippen molar-refractivity contribution in [1.29, 1.82) is 0 Å². The summed E-state index contributed by atoms with van der Waals surface area (Å²) in [6.07, 6.45) is 6.86. The molecule has 5 aliphatic heterocycles. The average Bonchev–Trinajstić information content (AvgIpc) is 3.93. The Morgan fingerprint density at radius 1 is 0.725 bits per heavy atom. The van der Waals surface area contributed by atoms with Gasteiger partial charge in [0, 0.05) is 26.3 Å². The summed E-state index contributed by atoms with van der Waals surface area (Å²) in [7, 11) is -9.95. The number of amides is 4. The fourth-order valence-corrected chi connectivity index (χ4v) is 6.63. The van der Waals surface area contributed by atoms with E-state index in [1.54, 1.807) is 0 Å². The maximum absolute atomic E-state index is 12.0. The molecule has 1 aromatic carbocycles. The number of carbonyl (C=O) groups excluding carboxylic acids is 2. The SMILES string of the molecule is C1CCOC1.Cc1ccccc1.O=C1N2C[C@@H](CC[C@H]2c2nnco2)N1OS(=O)(=O)[O-].O=C1N2C[C@@H](CC[C@H]2c2nnco2)N1OS(=O)(=O)[O-].[Na+]. The second-order valence-corrected chi connectivity index (χ2v) is 13.4. The van der Waals surface area contributed by atoms with Gasteiger partial charge in [-0.3, -0.25) is 0 Å². The smallest absolute Gasteiger partial charge is 0.724 e. The molecule has 5 fully saturated rings. The van der Waals surface area contributed by atoms with Crippen molar-refractivity contribution in [3.8, 4) is 0 Å². The molecule has 0 radical (unpaired) electrons. The molecular formula is C27H34N8NaO13S2-. The summed E-state index contributed by atoms with van der Waals surface area (Å²) in [6.45, 7) is 4.59. The van der Waals surface area contributed by atoms with Crippen molar-refractivity contribution in [3.63, 3.8) is 0 Å². The topological polar surface area (TPSA) is 267 Å². The van der Waals surface area contributed by atoms with Gasteiger partial charge in [0.25, 0.3) is 0 Å². The number of hydroxylamine groups is 4. The van der Waals surface area contributed by atoms with Crippen molar-refractivity contribution >= 4 is 32.9 Å². The van der Waals surface area contributed by atoms with Crippen LogP contribution in [0.5, 0.6) is 0 Å². The van der Waals surface area contributed by atoms with Gasteiger partial charge in [0.15, 0.2) is 0 Å². The van der Waals surface area contributed by atoms with Crippen LogP contribution in [0.25, 0.3) is 0 Å². The Morgan fingerprint density at radius 3 is 1.45 bits per heavy atom. The van der Waals surface area contributed by atoms with Gasteiger partial charge in [-0.05, 0) is 45.4 Å². The third-order valence-corrected chi connectivity index (χ3v) is 8.77. The van der Waals surface area contributed by atoms with E-state index in [1.807, 2.05) is 18.2 Å². The predicted molar refractivity (Wildman–Crippen MR) is 161 cm³/mol. The van der Waals surface area contributed by atoms with Gasteiger partial charge < -0.3 is 32.5 Å². The van der Waals surface area contributed by atoms with Crippen LogP contribution in [0.3, 0.4) is 0 Å². The quantitative estimate of drug-likeness (QED) is 0.159. The Morgan fingerprint density at radius 2 is 1.16 bits per heavy atom. The summed E-state index contributed by atoms with van der Waals surface area (Å²) in [5, 5.41) is 15.8. The summed E-state index contributed by atoms with van der Waals surface area (Å²) in [6, 6.07) is 7.11. The number of aryl methyl sites for hydroxylation is 1. The van der Waals surface area contributed by atoms with Crippen LogP contribution in [0.4, 0.5) is 9.59 Å². The normalized spacial score (nSPS) is 23.7. The molecule has 4 atom stereocenters. The standard InChI is InChI=1S/2C8H10N4O6S.C7H8.C4H8O.Na/c2*13-8-11-3-5(12(8)18-19(14,15)16)1-2-6(11)7-10-9-4-17-7;1-7-5-3-2-4-6-7;1-2-4-5-3-1;/h2*4-6H,1-3H2,(H,14,15,16);2-6H,1H3;1-4H2;/q;;;;+1/p-2/t2*5-,6+;;;/m11.../s1. The van der Waals surface area contributed by atoms with E-state index in [4.69, 9.17) is 13.6 Å². The van der Waals surface area contributed by atoms with Crippen LogP contribution in [0.1, 0.15) is 68.0 Å².